The molecule has 130 valence electrons. The summed E-state index contributed by atoms with van der Waals surface area (Å²) in [6, 6.07) is 3.59. The normalized spacial score (nSPS) is 31.1. The molecule has 2 saturated carbocycles. The summed E-state index contributed by atoms with van der Waals surface area (Å²) in [6.45, 7) is 0.295. The maximum absolute atomic E-state index is 12.6. The second-order valence-corrected chi connectivity index (χ2v) is 10.4. The summed E-state index contributed by atoms with van der Waals surface area (Å²) in [7, 11) is 0. The van der Waals surface area contributed by atoms with E-state index in [-0.39, 0.29) is 11.9 Å². The molecule has 0 aromatic carbocycles. The summed E-state index contributed by atoms with van der Waals surface area (Å²) in [5, 5.41) is 0.460. The Morgan fingerprint density at radius 2 is 1.96 bits per heavy atom. The molecule has 1 spiro atoms. The minimum Gasteiger partial charge on any atom is -0.461 e. The van der Waals surface area contributed by atoms with Crippen molar-refractivity contribution in [1.82, 2.24) is 4.98 Å². The zero-order valence-corrected chi connectivity index (χ0v) is 16.0. The van der Waals surface area contributed by atoms with Gasteiger partial charge in [-0.15, -0.1) is 23.5 Å². The summed E-state index contributed by atoms with van der Waals surface area (Å²) >= 11 is 10.1. The van der Waals surface area contributed by atoms with Crippen molar-refractivity contribution in [2.45, 2.75) is 42.8 Å². The van der Waals surface area contributed by atoms with Gasteiger partial charge in [-0.25, -0.2) is 4.98 Å². The van der Waals surface area contributed by atoms with E-state index < -0.39 is 0 Å². The Hall–Kier alpha value is -0.390. The number of thioether (sulfide) groups is 2. The molecule has 2 heterocycles. The molecule has 2 aliphatic carbocycles. The van der Waals surface area contributed by atoms with E-state index in [0.29, 0.717) is 27.7 Å². The number of carbonyl (C=O) groups excluding carboxylic acids is 1. The molecule has 0 amide bonds. The quantitative estimate of drug-likeness (QED) is 0.554. The van der Waals surface area contributed by atoms with Crippen LogP contribution in [0.1, 0.15) is 37.7 Å². The van der Waals surface area contributed by atoms with Gasteiger partial charge in [-0.05, 0) is 43.6 Å². The van der Waals surface area contributed by atoms with E-state index in [4.69, 9.17) is 16.3 Å². The summed E-state index contributed by atoms with van der Waals surface area (Å²) in [6.07, 6.45) is 7.58. The lowest BCUT2D eigenvalue weighted by atomic mass is 9.67. The van der Waals surface area contributed by atoms with E-state index in [1.54, 1.807) is 12.3 Å². The van der Waals surface area contributed by atoms with Gasteiger partial charge < -0.3 is 4.74 Å². The average molecular weight is 384 g/mol. The Morgan fingerprint density at radius 3 is 2.58 bits per heavy atom. The van der Waals surface area contributed by atoms with Crippen LogP contribution < -0.4 is 0 Å². The molecule has 6 heteroatoms. The number of aromatic nitrogens is 1. The first kappa shape index (κ1) is 17.0. The molecule has 0 radical (unpaired) electrons. The lowest BCUT2D eigenvalue weighted by Gasteiger charge is -2.51. The topological polar surface area (TPSA) is 39.2 Å². The first-order valence-corrected chi connectivity index (χ1v) is 11.1. The third kappa shape index (κ3) is 3.19. The Morgan fingerprint density at radius 1 is 1.25 bits per heavy atom. The molecule has 1 saturated heterocycles. The molecule has 3 nitrogen and oxygen atoms in total. The van der Waals surface area contributed by atoms with Gasteiger partial charge in [0.1, 0.15) is 11.8 Å². The van der Waals surface area contributed by atoms with Gasteiger partial charge in [0.25, 0.3) is 0 Å². The molecule has 0 N–H and O–H groups in total. The van der Waals surface area contributed by atoms with Gasteiger partial charge in [0.05, 0.1) is 10.00 Å². The van der Waals surface area contributed by atoms with E-state index in [9.17, 15) is 4.79 Å². The molecule has 2 atom stereocenters. The van der Waals surface area contributed by atoms with E-state index in [0.717, 1.165) is 18.4 Å². The molecule has 24 heavy (non-hydrogen) atoms. The third-order valence-electron chi connectivity index (χ3n) is 5.62. The van der Waals surface area contributed by atoms with E-state index in [1.165, 1.54) is 30.8 Å². The molecular weight excluding hydrogens is 362 g/mol. The van der Waals surface area contributed by atoms with Crippen molar-refractivity contribution in [3.8, 4) is 0 Å². The lowest BCUT2D eigenvalue weighted by molar-refractivity contribution is -0.152. The number of esters is 1. The minimum atomic E-state index is -0.0234. The second-order valence-electron chi connectivity index (χ2n) is 7.01. The standard InChI is InChI=1S/C18H22ClNO2S2/c19-16-5-4-12(10-20-16)11-22-17(21)13-8-14-2-1-3-15(9-13)18(14)23-6-7-24-18/h4-5,10,13-15H,1-3,6-9,11H2/t14-,15-/m0/s1. The van der Waals surface area contributed by atoms with Crippen LogP contribution in [-0.2, 0) is 16.1 Å². The summed E-state index contributed by atoms with van der Waals surface area (Å²) in [5.74, 6) is 3.96. The molecule has 4 rings (SSSR count). The maximum atomic E-state index is 12.6. The van der Waals surface area contributed by atoms with Crippen LogP contribution in [0.15, 0.2) is 18.3 Å². The van der Waals surface area contributed by atoms with Gasteiger partial charge >= 0.3 is 5.97 Å². The maximum Gasteiger partial charge on any atom is 0.309 e. The van der Waals surface area contributed by atoms with Crippen molar-refractivity contribution < 1.29 is 9.53 Å². The monoisotopic (exact) mass is 383 g/mol. The first-order chi connectivity index (χ1) is 11.7. The van der Waals surface area contributed by atoms with Crippen LogP contribution in [-0.4, -0.2) is 26.5 Å². The van der Waals surface area contributed by atoms with Gasteiger partial charge in [0.2, 0.25) is 0 Å². The highest BCUT2D eigenvalue weighted by Crippen LogP contribution is 2.64. The van der Waals surface area contributed by atoms with Gasteiger partial charge in [-0.3, -0.25) is 4.79 Å². The van der Waals surface area contributed by atoms with Crippen LogP contribution >= 0.6 is 35.1 Å². The minimum absolute atomic E-state index is 0.0234. The van der Waals surface area contributed by atoms with Crippen molar-refractivity contribution in [2.24, 2.45) is 17.8 Å². The Kier molecular flexibility index (Phi) is 5.03. The Bertz CT molecular complexity index is 588. The van der Waals surface area contributed by atoms with Crippen LogP contribution in [0.4, 0.5) is 0 Å². The van der Waals surface area contributed by atoms with Gasteiger partial charge in [-0.2, -0.15) is 0 Å². The number of nitrogens with zero attached hydrogens (tertiary/aromatic N) is 1. The molecular formula is C18H22ClNO2S2. The first-order valence-electron chi connectivity index (χ1n) is 8.72. The second kappa shape index (κ2) is 7.08. The highest BCUT2D eigenvalue weighted by molar-refractivity contribution is 8.21. The highest BCUT2D eigenvalue weighted by atomic mass is 35.5. The number of halogens is 1. The van der Waals surface area contributed by atoms with Crippen molar-refractivity contribution in [3.05, 3.63) is 29.0 Å². The predicted molar refractivity (Wildman–Crippen MR) is 100 cm³/mol. The molecule has 1 aromatic rings. The van der Waals surface area contributed by atoms with Gasteiger partial charge in [-0.1, -0.05) is 24.1 Å². The summed E-state index contributed by atoms with van der Waals surface area (Å²) in [4.78, 5) is 16.6. The Labute approximate surface area is 156 Å². The fourth-order valence-electron chi connectivity index (χ4n) is 4.57. The SMILES string of the molecule is O=C(OCc1ccc(Cl)nc1)C1C[C@@H]2CCC[C@@H](C1)C21SCCS1. The summed E-state index contributed by atoms with van der Waals surface area (Å²) < 4.78 is 6.00. The van der Waals surface area contributed by atoms with Gasteiger partial charge in [0, 0.05) is 23.3 Å². The smallest absolute Gasteiger partial charge is 0.309 e. The number of hydrogen-bond acceptors (Lipinski definition) is 5. The lowest BCUT2D eigenvalue weighted by Crippen LogP contribution is -2.48. The van der Waals surface area contributed by atoms with Crippen LogP contribution in [0.25, 0.3) is 0 Å². The molecule has 0 unspecified atom stereocenters. The summed E-state index contributed by atoms with van der Waals surface area (Å²) in [5.41, 5.74) is 0.891. The molecule has 1 aliphatic heterocycles. The number of carbonyl (C=O) groups is 1. The van der Waals surface area contributed by atoms with Crippen LogP contribution in [0.2, 0.25) is 5.15 Å². The highest BCUT2D eigenvalue weighted by Gasteiger charge is 2.55. The number of rotatable bonds is 3. The van der Waals surface area contributed by atoms with Gasteiger partial charge in [0.15, 0.2) is 0 Å². The van der Waals surface area contributed by atoms with Crippen LogP contribution in [0, 0.1) is 17.8 Å². The average Bonchev–Trinajstić information content (AvgIpc) is 3.03. The molecule has 3 fully saturated rings. The van der Waals surface area contributed by atoms with Crippen molar-refractivity contribution in [3.63, 3.8) is 0 Å². The van der Waals surface area contributed by atoms with Crippen LogP contribution in [0.3, 0.4) is 0 Å². The number of pyridine rings is 1. The van der Waals surface area contributed by atoms with E-state index in [2.05, 4.69) is 28.5 Å². The van der Waals surface area contributed by atoms with Crippen molar-refractivity contribution in [1.29, 1.82) is 0 Å². The fourth-order valence-corrected chi connectivity index (χ4v) is 8.61. The zero-order valence-electron chi connectivity index (χ0n) is 13.6. The van der Waals surface area contributed by atoms with Crippen LogP contribution in [0.5, 0.6) is 0 Å². The molecule has 1 aromatic heterocycles. The number of ether oxygens (including phenoxy) is 1. The van der Waals surface area contributed by atoms with E-state index >= 15 is 0 Å². The third-order valence-corrected chi connectivity index (χ3v) is 9.86. The largest absolute Gasteiger partial charge is 0.461 e. The van der Waals surface area contributed by atoms with Crippen molar-refractivity contribution in [2.75, 3.05) is 11.5 Å². The zero-order chi connectivity index (χ0) is 16.6. The molecule has 3 aliphatic rings. The fraction of sp³-hybridized carbons (Fsp3) is 0.667. The van der Waals surface area contributed by atoms with Crippen molar-refractivity contribution >= 4 is 41.1 Å². The Balaban J connectivity index is 1.38. The number of hydrogen-bond donors (Lipinski definition) is 0. The van der Waals surface area contributed by atoms with E-state index in [1.807, 2.05) is 6.07 Å². The predicted octanol–water partition coefficient (Wildman–Crippen LogP) is 4.78. The molecule has 2 bridgehead atoms.